The molecule has 3 rings (SSSR count). The first kappa shape index (κ1) is 17.2. The highest BCUT2D eigenvalue weighted by Gasteiger charge is 2.28. The van der Waals surface area contributed by atoms with Crippen molar-refractivity contribution in [2.45, 2.75) is 19.3 Å². The topological polar surface area (TPSA) is 90.8 Å². The lowest BCUT2D eigenvalue weighted by molar-refractivity contribution is 0.116. The molecule has 0 aliphatic carbocycles. The van der Waals surface area contributed by atoms with Crippen molar-refractivity contribution in [3.05, 3.63) is 22.7 Å². The standard InChI is InChI=1S/C16H24N6O3/c1-19-12-17-13(11-14(19)23)18-15(24)20-7-9-22(10-8-20)16(25)21-5-3-2-4-6-21/h11-12H,2-10H2,1H3,(H,18,24). The fourth-order valence-electron chi connectivity index (χ4n) is 3.10. The number of nitrogens with zero attached hydrogens (tertiary/aromatic N) is 5. The molecular formula is C16H24N6O3. The third-order valence-electron chi connectivity index (χ3n) is 4.68. The lowest BCUT2D eigenvalue weighted by Gasteiger charge is -2.38. The molecule has 1 aromatic rings. The van der Waals surface area contributed by atoms with Crippen LogP contribution < -0.4 is 10.9 Å². The fraction of sp³-hybridized carbons (Fsp3) is 0.625. The van der Waals surface area contributed by atoms with Gasteiger partial charge in [0.1, 0.15) is 5.82 Å². The summed E-state index contributed by atoms with van der Waals surface area (Å²) in [5.41, 5.74) is -0.234. The average molecular weight is 348 g/mol. The Kier molecular flexibility index (Phi) is 5.20. The molecule has 2 saturated heterocycles. The van der Waals surface area contributed by atoms with Crippen molar-refractivity contribution in [1.82, 2.24) is 24.3 Å². The van der Waals surface area contributed by atoms with Crippen molar-refractivity contribution in [1.29, 1.82) is 0 Å². The number of aryl methyl sites for hydroxylation is 1. The molecule has 0 spiro atoms. The van der Waals surface area contributed by atoms with E-state index in [1.807, 2.05) is 9.80 Å². The van der Waals surface area contributed by atoms with Gasteiger partial charge in [-0.1, -0.05) is 0 Å². The van der Waals surface area contributed by atoms with Crippen LogP contribution in [-0.4, -0.2) is 75.6 Å². The Morgan fingerprint density at radius 2 is 1.56 bits per heavy atom. The van der Waals surface area contributed by atoms with Gasteiger partial charge < -0.3 is 19.3 Å². The number of piperazine rings is 1. The van der Waals surface area contributed by atoms with Crippen LogP contribution in [0.4, 0.5) is 15.4 Å². The van der Waals surface area contributed by atoms with E-state index >= 15 is 0 Å². The monoisotopic (exact) mass is 348 g/mol. The summed E-state index contributed by atoms with van der Waals surface area (Å²) in [6.07, 6.45) is 4.69. The van der Waals surface area contributed by atoms with Crippen LogP contribution >= 0.6 is 0 Å². The van der Waals surface area contributed by atoms with E-state index in [2.05, 4.69) is 10.3 Å². The molecule has 136 valence electrons. The van der Waals surface area contributed by atoms with Gasteiger partial charge in [-0.05, 0) is 19.3 Å². The van der Waals surface area contributed by atoms with Crippen LogP contribution in [0, 0.1) is 0 Å². The molecule has 3 heterocycles. The zero-order valence-electron chi connectivity index (χ0n) is 14.5. The Morgan fingerprint density at radius 1 is 0.960 bits per heavy atom. The van der Waals surface area contributed by atoms with Crippen molar-refractivity contribution in [2.24, 2.45) is 7.05 Å². The highest BCUT2D eigenvalue weighted by atomic mass is 16.2. The molecule has 0 radical (unpaired) electrons. The van der Waals surface area contributed by atoms with Gasteiger partial charge in [-0.3, -0.25) is 10.1 Å². The third kappa shape index (κ3) is 4.09. The quantitative estimate of drug-likeness (QED) is 0.802. The molecule has 4 amide bonds. The molecule has 9 heteroatoms. The number of anilines is 1. The minimum Gasteiger partial charge on any atom is -0.325 e. The van der Waals surface area contributed by atoms with E-state index in [0.29, 0.717) is 26.2 Å². The van der Waals surface area contributed by atoms with Crippen LogP contribution in [0.1, 0.15) is 19.3 Å². The molecule has 0 atom stereocenters. The lowest BCUT2D eigenvalue weighted by Crippen LogP contribution is -2.55. The first-order chi connectivity index (χ1) is 12.0. The molecule has 0 unspecified atom stereocenters. The number of hydrogen-bond donors (Lipinski definition) is 1. The van der Waals surface area contributed by atoms with Crippen LogP contribution in [0.15, 0.2) is 17.2 Å². The van der Waals surface area contributed by atoms with Crippen molar-refractivity contribution in [3.8, 4) is 0 Å². The summed E-state index contributed by atoms with van der Waals surface area (Å²) in [7, 11) is 1.60. The van der Waals surface area contributed by atoms with Crippen molar-refractivity contribution in [2.75, 3.05) is 44.6 Å². The number of nitrogens with one attached hydrogen (secondary N) is 1. The van der Waals surface area contributed by atoms with Crippen LogP contribution in [0.25, 0.3) is 0 Å². The normalized spacial score (nSPS) is 18.2. The van der Waals surface area contributed by atoms with E-state index in [1.54, 1.807) is 11.9 Å². The highest BCUT2D eigenvalue weighted by molar-refractivity contribution is 5.88. The van der Waals surface area contributed by atoms with Gasteiger partial charge in [0, 0.05) is 52.4 Å². The molecular weight excluding hydrogens is 324 g/mol. The summed E-state index contributed by atoms with van der Waals surface area (Å²) < 4.78 is 1.33. The predicted octanol–water partition coefficient (Wildman–Crippen LogP) is 0.536. The largest absolute Gasteiger partial charge is 0.325 e. The second-order valence-corrected chi connectivity index (χ2v) is 6.46. The lowest BCUT2D eigenvalue weighted by atomic mass is 10.1. The first-order valence-electron chi connectivity index (χ1n) is 8.67. The summed E-state index contributed by atoms with van der Waals surface area (Å²) in [5.74, 6) is 0.236. The summed E-state index contributed by atoms with van der Waals surface area (Å²) in [4.78, 5) is 45.7. The Morgan fingerprint density at radius 3 is 2.20 bits per heavy atom. The number of piperidine rings is 1. The number of aromatic nitrogens is 2. The summed E-state index contributed by atoms with van der Waals surface area (Å²) >= 11 is 0. The van der Waals surface area contributed by atoms with Crippen LogP contribution in [0.5, 0.6) is 0 Å². The first-order valence-corrected chi connectivity index (χ1v) is 8.67. The average Bonchev–Trinajstić information content (AvgIpc) is 2.65. The Hall–Kier alpha value is -2.58. The maximum Gasteiger partial charge on any atom is 0.323 e. The van der Waals surface area contributed by atoms with E-state index in [1.165, 1.54) is 23.4 Å². The zero-order valence-corrected chi connectivity index (χ0v) is 14.5. The molecule has 2 fully saturated rings. The Bertz CT molecular complexity index is 689. The summed E-state index contributed by atoms with van der Waals surface area (Å²) in [6, 6.07) is 1.06. The predicted molar refractivity (Wildman–Crippen MR) is 92.5 cm³/mol. The van der Waals surface area contributed by atoms with E-state index < -0.39 is 0 Å². The van der Waals surface area contributed by atoms with Gasteiger partial charge in [-0.15, -0.1) is 0 Å². The van der Waals surface area contributed by atoms with Crippen LogP contribution in [0.2, 0.25) is 0 Å². The van der Waals surface area contributed by atoms with Crippen molar-refractivity contribution < 1.29 is 9.59 Å². The number of rotatable bonds is 1. The molecule has 2 aliphatic rings. The van der Waals surface area contributed by atoms with Crippen molar-refractivity contribution >= 4 is 17.9 Å². The summed E-state index contributed by atoms with van der Waals surface area (Å²) in [5, 5.41) is 2.64. The molecule has 0 bridgehead atoms. The molecule has 9 nitrogen and oxygen atoms in total. The second-order valence-electron chi connectivity index (χ2n) is 6.46. The van der Waals surface area contributed by atoms with E-state index in [9.17, 15) is 14.4 Å². The van der Waals surface area contributed by atoms with Crippen molar-refractivity contribution in [3.63, 3.8) is 0 Å². The maximum atomic E-state index is 12.5. The van der Waals surface area contributed by atoms with Crippen LogP contribution in [-0.2, 0) is 7.05 Å². The number of carbonyl (C=O) groups is 2. The summed E-state index contributed by atoms with van der Waals surface area (Å²) in [6.45, 7) is 3.63. The Labute approximate surface area is 146 Å². The minimum atomic E-state index is -0.300. The highest BCUT2D eigenvalue weighted by Crippen LogP contribution is 2.13. The fourth-order valence-corrected chi connectivity index (χ4v) is 3.10. The number of urea groups is 2. The molecule has 25 heavy (non-hydrogen) atoms. The van der Waals surface area contributed by atoms with Gasteiger partial charge >= 0.3 is 12.1 Å². The van der Waals surface area contributed by atoms with Gasteiger partial charge in [0.15, 0.2) is 0 Å². The molecule has 1 N–H and O–H groups in total. The third-order valence-corrected chi connectivity index (χ3v) is 4.68. The van der Waals surface area contributed by atoms with E-state index in [0.717, 1.165) is 25.9 Å². The van der Waals surface area contributed by atoms with Gasteiger partial charge in [0.2, 0.25) is 0 Å². The van der Waals surface area contributed by atoms with E-state index in [4.69, 9.17) is 0 Å². The van der Waals surface area contributed by atoms with Gasteiger partial charge in [-0.2, -0.15) is 0 Å². The maximum absolute atomic E-state index is 12.5. The Balaban J connectivity index is 1.51. The molecule has 0 saturated carbocycles. The minimum absolute atomic E-state index is 0.0768. The van der Waals surface area contributed by atoms with Gasteiger partial charge in [0.05, 0.1) is 6.33 Å². The molecule has 1 aromatic heterocycles. The molecule has 0 aromatic carbocycles. The second kappa shape index (κ2) is 7.54. The molecule has 2 aliphatic heterocycles. The van der Waals surface area contributed by atoms with Crippen LogP contribution in [0.3, 0.4) is 0 Å². The SMILES string of the molecule is Cn1cnc(NC(=O)N2CCN(C(=O)N3CCCCC3)CC2)cc1=O. The number of hydrogen-bond acceptors (Lipinski definition) is 4. The smallest absolute Gasteiger partial charge is 0.323 e. The number of amides is 4. The number of carbonyl (C=O) groups excluding carboxylic acids is 2. The van der Waals surface area contributed by atoms with Gasteiger partial charge in [0.25, 0.3) is 5.56 Å². The number of likely N-dealkylation sites (tertiary alicyclic amines) is 1. The van der Waals surface area contributed by atoms with Gasteiger partial charge in [-0.25, -0.2) is 14.6 Å². The van der Waals surface area contributed by atoms with E-state index in [-0.39, 0.29) is 23.4 Å². The zero-order chi connectivity index (χ0) is 17.8.